The van der Waals surface area contributed by atoms with Gasteiger partial charge in [-0.25, -0.2) is 0 Å². The van der Waals surface area contributed by atoms with Crippen LogP contribution >= 0.6 is 45.8 Å². The van der Waals surface area contributed by atoms with Crippen molar-refractivity contribution >= 4 is 62.9 Å². The van der Waals surface area contributed by atoms with Crippen molar-refractivity contribution in [2.45, 2.75) is 0 Å². The van der Waals surface area contributed by atoms with Crippen molar-refractivity contribution in [3.05, 3.63) is 50.0 Å². The molecule has 0 aliphatic heterocycles. The van der Waals surface area contributed by atoms with Crippen LogP contribution in [-0.4, -0.2) is 0 Å². The van der Waals surface area contributed by atoms with E-state index in [2.05, 4.69) is 27.9 Å². The molecular formula is C12H9Cl2IN2. The van der Waals surface area contributed by atoms with E-state index >= 15 is 0 Å². The van der Waals surface area contributed by atoms with Crippen LogP contribution in [0.3, 0.4) is 0 Å². The number of nitrogens with two attached hydrogens (primary N) is 1. The molecule has 2 nitrogen and oxygen atoms in total. The van der Waals surface area contributed by atoms with Crippen molar-refractivity contribution in [1.82, 2.24) is 0 Å². The lowest BCUT2D eigenvalue weighted by Gasteiger charge is -2.12. The van der Waals surface area contributed by atoms with Gasteiger partial charge >= 0.3 is 0 Å². The minimum absolute atomic E-state index is 0.565. The van der Waals surface area contributed by atoms with Crippen LogP contribution in [0.15, 0.2) is 36.4 Å². The van der Waals surface area contributed by atoms with Crippen LogP contribution in [0.4, 0.5) is 17.1 Å². The van der Waals surface area contributed by atoms with Crippen molar-refractivity contribution < 1.29 is 0 Å². The molecule has 0 bridgehead atoms. The average molecular weight is 379 g/mol. The van der Waals surface area contributed by atoms with Crippen LogP contribution in [0, 0.1) is 3.57 Å². The fourth-order valence-corrected chi connectivity index (χ4v) is 2.41. The number of benzene rings is 2. The van der Waals surface area contributed by atoms with Gasteiger partial charge in [0.1, 0.15) is 0 Å². The molecule has 17 heavy (non-hydrogen) atoms. The van der Waals surface area contributed by atoms with E-state index in [9.17, 15) is 0 Å². The predicted molar refractivity (Wildman–Crippen MR) is 83.3 cm³/mol. The van der Waals surface area contributed by atoms with E-state index in [4.69, 9.17) is 28.9 Å². The molecule has 0 heterocycles. The molecule has 0 saturated carbocycles. The van der Waals surface area contributed by atoms with E-state index in [0.29, 0.717) is 21.4 Å². The summed E-state index contributed by atoms with van der Waals surface area (Å²) in [6.45, 7) is 0. The van der Waals surface area contributed by atoms with Gasteiger partial charge in [-0.15, -0.1) is 0 Å². The molecule has 0 fully saturated rings. The summed E-state index contributed by atoms with van der Waals surface area (Å²) in [5, 5.41) is 4.27. The van der Waals surface area contributed by atoms with Crippen molar-refractivity contribution in [3.63, 3.8) is 0 Å². The number of anilines is 3. The van der Waals surface area contributed by atoms with Gasteiger partial charge in [0.15, 0.2) is 0 Å². The van der Waals surface area contributed by atoms with E-state index in [1.54, 1.807) is 18.2 Å². The first-order valence-corrected chi connectivity index (χ1v) is 6.67. The second kappa shape index (κ2) is 5.33. The van der Waals surface area contributed by atoms with Crippen molar-refractivity contribution in [1.29, 1.82) is 0 Å². The first-order valence-electron chi connectivity index (χ1n) is 4.84. The van der Waals surface area contributed by atoms with Crippen LogP contribution in [0.5, 0.6) is 0 Å². The molecule has 0 aromatic heterocycles. The average Bonchev–Trinajstić information content (AvgIpc) is 2.26. The van der Waals surface area contributed by atoms with E-state index in [1.165, 1.54) is 0 Å². The Bertz CT molecular complexity index is 538. The molecule has 2 aromatic rings. The molecule has 0 aliphatic carbocycles. The topological polar surface area (TPSA) is 38.0 Å². The van der Waals surface area contributed by atoms with Crippen LogP contribution in [0.25, 0.3) is 0 Å². The third kappa shape index (κ3) is 2.97. The maximum Gasteiger partial charge on any atom is 0.0763 e. The van der Waals surface area contributed by atoms with Crippen molar-refractivity contribution in [3.8, 4) is 0 Å². The van der Waals surface area contributed by atoms with Gasteiger partial charge in [0.05, 0.1) is 27.1 Å². The van der Waals surface area contributed by atoms with Crippen molar-refractivity contribution in [2.75, 3.05) is 11.1 Å². The Morgan fingerprint density at radius 3 is 2.29 bits per heavy atom. The van der Waals surface area contributed by atoms with Gasteiger partial charge < -0.3 is 11.1 Å². The Balaban J connectivity index is 2.38. The SMILES string of the molecule is Nc1cc(I)ccc1Nc1c(Cl)cccc1Cl. The predicted octanol–water partition coefficient (Wildman–Crippen LogP) is 4.92. The minimum atomic E-state index is 0.565. The maximum absolute atomic E-state index is 6.07. The zero-order valence-electron chi connectivity index (χ0n) is 8.68. The lowest BCUT2D eigenvalue weighted by Crippen LogP contribution is -1.97. The van der Waals surface area contributed by atoms with Gasteiger partial charge in [0.25, 0.3) is 0 Å². The quantitative estimate of drug-likeness (QED) is 0.574. The summed E-state index contributed by atoms with van der Waals surface area (Å²) in [5.74, 6) is 0. The van der Waals surface area contributed by atoms with Gasteiger partial charge in [-0.05, 0) is 52.9 Å². The van der Waals surface area contributed by atoms with E-state index in [-0.39, 0.29) is 0 Å². The number of hydrogen-bond acceptors (Lipinski definition) is 2. The van der Waals surface area contributed by atoms with E-state index in [1.807, 2.05) is 18.2 Å². The summed E-state index contributed by atoms with van der Waals surface area (Å²) in [6, 6.07) is 11.1. The first-order chi connectivity index (χ1) is 8.08. The normalized spacial score (nSPS) is 10.3. The second-order valence-electron chi connectivity index (χ2n) is 3.45. The zero-order chi connectivity index (χ0) is 12.4. The molecule has 3 N–H and O–H groups in total. The Labute approximate surface area is 123 Å². The summed E-state index contributed by atoms with van der Waals surface area (Å²) in [5.41, 5.74) is 8.04. The third-order valence-corrected chi connectivity index (χ3v) is 3.54. The van der Waals surface area contributed by atoms with Crippen molar-refractivity contribution in [2.24, 2.45) is 0 Å². The standard InChI is InChI=1S/C12H9Cl2IN2/c13-8-2-1-3-9(14)12(8)17-11-5-4-7(15)6-10(11)16/h1-6,17H,16H2. The fraction of sp³-hybridized carbons (Fsp3) is 0. The van der Waals surface area contributed by atoms with Crippen LogP contribution in [0.1, 0.15) is 0 Å². The number of hydrogen-bond donors (Lipinski definition) is 2. The molecule has 0 aliphatic rings. The summed E-state index contributed by atoms with van der Waals surface area (Å²) in [4.78, 5) is 0. The maximum atomic E-state index is 6.07. The monoisotopic (exact) mass is 378 g/mol. The molecule has 88 valence electrons. The highest BCUT2D eigenvalue weighted by Crippen LogP contribution is 2.34. The molecule has 2 rings (SSSR count). The fourth-order valence-electron chi connectivity index (χ4n) is 1.40. The zero-order valence-corrected chi connectivity index (χ0v) is 12.3. The summed E-state index contributed by atoms with van der Waals surface area (Å²) in [6.07, 6.45) is 0. The van der Waals surface area contributed by atoms with E-state index < -0.39 is 0 Å². The summed E-state index contributed by atoms with van der Waals surface area (Å²) >= 11 is 14.4. The molecule has 0 spiro atoms. The van der Waals surface area contributed by atoms with Gasteiger partial charge in [-0.3, -0.25) is 0 Å². The van der Waals surface area contributed by atoms with E-state index in [0.717, 1.165) is 9.26 Å². The molecule has 2 aromatic carbocycles. The molecule has 0 atom stereocenters. The third-order valence-electron chi connectivity index (χ3n) is 2.24. The largest absolute Gasteiger partial charge is 0.397 e. The lowest BCUT2D eigenvalue weighted by atomic mass is 10.2. The summed E-state index contributed by atoms with van der Waals surface area (Å²) in [7, 11) is 0. The minimum Gasteiger partial charge on any atom is -0.397 e. The second-order valence-corrected chi connectivity index (χ2v) is 5.51. The molecule has 0 amide bonds. The number of halogens is 3. The summed E-state index contributed by atoms with van der Waals surface area (Å²) < 4.78 is 1.08. The number of nitrogen functional groups attached to an aromatic ring is 1. The molecule has 0 unspecified atom stereocenters. The molecular weight excluding hydrogens is 370 g/mol. The number of para-hydroxylation sites is 1. The smallest absolute Gasteiger partial charge is 0.0763 e. The highest BCUT2D eigenvalue weighted by atomic mass is 127. The van der Waals surface area contributed by atoms with Gasteiger partial charge in [0, 0.05) is 3.57 Å². The number of rotatable bonds is 2. The van der Waals surface area contributed by atoms with Crippen LogP contribution < -0.4 is 11.1 Å². The van der Waals surface area contributed by atoms with Gasteiger partial charge in [-0.1, -0.05) is 29.3 Å². The van der Waals surface area contributed by atoms with Gasteiger partial charge in [0.2, 0.25) is 0 Å². The molecule has 0 radical (unpaired) electrons. The first kappa shape index (κ1) is 12.8. The van der Waals surface area contributed by atoms with Crippen LogP contribution in [-0.2, 0) is 0 Å². The molecule has 5 heteroatoms. The molecule has 0 saturated heterocycles. The lowest BCUT2D eigenvalue weighted by molar-refractivity contribution is 1.53. The Kier molecular flexibility index (Phi) is 4.01. The van der Waals surface area contributed by atoms with Crippen LogP contribution in [0.2, 0.25) is 10.0 Å². The highest BCUT2D eigenvalue weighted by Gasteiger charge is 2.07. The Hall–Kier alpha value is -0.650. The highest BCUT2D eigenvalue weighted by molar-refractivity contribution is 14.1. The Morgan fingerprint density at radius 2 is 1.71 bits per heavy atom. The Morgan fingerprint density at radius 1 is 1.06 bits per heavy atom. The number of nitrogens with one attached hydrogen (secondary N) is 1. The van der Waals surface area contributed by atoms with Gasteiger partial charge in [-0.2, -0.15) is 0 Å².